The van der Waals surface area contributed by atoms with Crippen LogP contribution in [0.4, 0.5) is 0 Å². The second-order valence-corrected chi connectivity index (χ2v) is 6.76. The molecule has 27 heavy (non-hydrogen) atoms. The molecule has 138 valence electrons. The van der Waals surface area contributed by atoms with Crippen LogP contribution in [0.1, 0.15) is 23.2 Å². The molecule has 1 unspecified atom stereocenters. The van der Waals surface area contributed by atoms with Crippen LogP contribution in [-0.2, 0) is 4.79 Å². The largest absolute Gasteiger partial charge is 0.369 e. The number of imidazole rings is 1. The molecule has 2 amide bonds. The van der Waals surface area contributed by atoms with Crippen LogP contribution in [0.3, 0.4) is 0 Å². The van der Waals surface area contributed by atoms with E-state index in [1.807, 2.05) is 58.1 Å². The third-order valence-corrected chi connectivity index (χ3v) is 5.00. The van der Waals surface area contributed by atoms with E-state index in [0.717, 1.165) is 24.2 Å². The van der Waals surface area contributed by atoms with Crippen molar-refractivity contribution in [2.24, 2.45) is 11.7 Å². The molecule has 0 aliphatic carbocycles. The van der Waals surface area contributed by atoms with Gasteiger partial charge in [0, 0.05) is 43.4 Å². The van der Waals surface area contributed by atoms with E-state index in [1.165, 1.54) is 0 Å². The highest BCUT2D eigenvalue weighted by molar-refractivity contribution is 5.95. The van der Waals surface area contributed by atoms with E-state index in [2.05, 4.69) is 4.98 Å². The molecule has 0 radical (unpaired) electrons. The summed E-state index contributed by atoms with van der Waals surface area (Å²) in [5, 5.41) is 0. The van der Waals surface area contributed by atoms with Crippen molar-refractivity contribution in [1.29, 1.82) is 0 Å². The number of likely N-dealkylation sites (tertiary alicyclic amines) is 1. The summed E-state index contributed by atoms with van der Waals surface area (Å²) in [5.41, 5.74) is 7.84. The van der Waals surface area contributed by atoms with Gasteiger partial charge in [-0.1, -0.05) is 0 Å². The van der Waals surface area contributed by atoms with Crippen molar-refractivity contribution < 1.29 is 9.59 Å². The number of carbonyl (C=O) groups excluding carboxylic acids is 2. The Morgan fingerprint density at radius 1 is 1.07 bits per heavy atom. The lowest BCUT2D eigenvalue weighted by atomic mass is 9.97. The zero-order valence-electron chi connectivity index (χ0n) is 14.9. The topological polar surface area (TPSA) is 86.2 Å². The molecule has 1 aromatic carbocycles. The van der Waals surface area contributed by atoms with Gasteiger partial charge < -0.3 is 19.8 Å². The summed E-state index contributed by atoms with van der Waals surface area (Å²) in [5.74, 6) is -0.681. The molecule has 3 aromatic rings. The number of rotatable bonds is 4. The minimum atomic E-state index is -0.337. The first-order valence-corrected chi connectivity index (χ1v) is 8.98. The second kappa shape index (κ2) is 7.11. The summed E-state index contributed by atoms with van der Waals surface area (Å²) in [6.07, 6.45) is 10.7. The number of piperidine rings is 1. The van der Waals surface area contributed by atoms with Crippen LogP contribution in [-0.4, -0.2) is 43.9 Å². The van der Waals surface area contributed by atoms with Gasteiger partial charge >= 0.3 is 0 Å². The average molecular weight is 363 g/mol. The maximum absolute atomic E-state index is 13.0. The van der Waals surface area contributed by atoms with Gasteiger partial charge in [0.25, 0.3) is 5.91 Å². The summed E-state index contributed by atoms with van der Waals surface area (Å²) in [6, 6.07) is 9.49. The average Bonchev–Trinajstić information content (AvgIpc) is 3.41. The molecule has 1 atom stereocenters. The molecule has 3 heterocycles. The molecule has 0 bridgehead atoms. The Bertz CT molecular complexity index is 947. The lowest BCUT2D eigenvalue weighted by molar-refractivity contribution is -0.123. The van der Waals surface area contributed by atoms with Crippen molar-refractivity contribution in [3.63, 3.8) is 0 Å². The highest BCUT2D eigenvalue weighted by Crippen LogP contribution is 2.24. The summed E-state index contributed by atoms with van der Waals surface area (Å²) < 4.78 is 3.88. The summed E-state index contributed by atoms with van der Waals surface area (Å²) >= 11 is 0. The van der Waals surface area contributed by atoms with Crippen LogP contribution in [0.15, 0.2) is 61.4 Å². The summed E-state index contributed by atoms with van der Waals surface area (Å²) in [6.45, 7) is 1.03. The fourth-order valence-electron chi connectivity index (χ4n) is 3.55. The number of hydrogen-bond donors (Lipinski definition) is 1. The molecule has 1 fully saturated rings. The van der Waals surface area contributed by atoms with E-state index in [0.29, 0.717) is 18.7 Å². The van der Waals surface area contributed by atoms with E-state index >= 15 is 0 Å². The maximum Gasteiger partial charge on any atom is 0.253 e. The van der Waals surface area contributed by atoms with Gasteiger partial charge in [0.2, 0.25) is 5.91 Å². The molecule has 2 N–H and O–H groups in total. The molecule has 1 saturated heterocycles. The minimum Gasteiger partial charge on any atom is -0.369 e. The van der Waals surface area contributed by atoms with Gasteiger partial charge in [0.05, 0.1) is 23.6 Å². The van der Waals surface area contributed by atoms with Gasteiger partial charge in [-0.25, -0.2) is 4.98 Å². The van der Waals surface area contributed by atoms with Crippen molar-refractivity contribution in [3.05, 3.63) is 67.0 Å². The van der Waals surface area contributed by atoms with Crippen LogP contribution in [0, 0.1) is 5.92 Å². The number of amides is 2. The van der Waals surface area contributed by atoms with Crippen LogP contribution >= 0.6 is 0 Å². The highest BCUT2D eigenvalue weighted by atomic mass is 16.2. The van der Waals surface area contributed by atoms with Gasteiger partial charge in [-0.3, -0.25) is 9.59 Å². The van der Waals surface area contributed by atoms with Gasteiger partial charge in [-0.15, -0.1) is 0 Å². The first kappa shape index (κ1) is 17.1. The Hall–Kier alpha value is -3.35. The predicted molar refractivity (Wildman–Crippen MR) is 101 cm³/mol. The molecule has 1 aliphatic rings. The highest BCUT2D eigenvalue weighted by Gasteiger charge is 2.28. The smallest absolute Gasteiger partial charge is 0.253 e. The standard InChI is InChI=1S/C20H21N5O2/c21-19(26)16-4-3-10-24(13-16)20(27)15-5-6-17(25-11-7-22-14-25)18(12-15)23-8-1-2-9-23/h1-2,5-9,11-12,14,16H,3-4,10,13H2,(H2,21,26). The third kappa shape index (κ3) is 3.36. The first-order valence-electron chi connectivity index (χ1n) is 8.98. The zero-order chi connectivity index (χ0) is 18.8. The Morgan fingerprint density at radius 3 is 2.59 bits per heavy atom. The number of primary amides is 1. The summed E-state index contributed by atoms with van der Waals surface area (Å²) in [7, 11) is 0. The van der Waals surface area contributed by atoms with Crippen molar-refractivity contribution in [1.82, 2.24) is 19.0 Å². The molecule has 7 nitrogen and oxygen atoms in total. The summed E-state index contributed by atoms with van der Waals surface area (Å²) in [4.78, 5) is 30.4. The predicted octanol–water partition coefficient (Wildman–Crippen LogP) is 2.00. The zero-order valence-corrected chi connectivity index (χ0v) is 14.9. The fourth-order valence-corrected chi connectivity index (χ4v) is 3.55. The quantitative estimate of drug-likeness (QED) is 0.769. The van der Waals surface area contributed by atoms with Crippen LogP contribution in [0.2, 0.25) is 0 Å². The number of hydrogen-bond acceptors (Lipinski definition) is 3. The molecule has 1 aliphatic heterocycles. The Morgan fingerprint density at radius 2 is 1.89 bits per heavy atom. The van der Waals surface area contributed by atoms with Crippen molar-refractivity contribution >= 4 is 11.8 Å². The van der Waals surface area contributed by atoms with Crippen molar-refractivity contribution in [3.8, 4) is 11.4 Å². The Balaban J connectivity index is 1.69. The number of nitrogens with zero attached hydrogens (tertiary/aromatic N) is 4. The third-order valence-electron chi connectivity index (χ3n) is 5.00. The normalized spacial score (nSPS) is 17.0. The lowest BCUT2D eigenvalue weighted by Crippen LogP contribution is -2.44. The van der Waals surface area contributed by atoms with E-state index in [-0.39, 0.29) is 17.7 Å². The van der Waals surface area contributed by atoms with E-state index in [9.17, 15) is 9.59 Å². The molecular formula is C20H21N5O2. The Kier molecular flexibility index (Phi) is 4.50. The second-order valence-electron chi connectivity index (χ2n) is 6.76. The van der Waals surface area contributed by atoms with Crippen molar-refractivity contribution in [2.45, 2.75) is 12.8 Å². The lowest BCUT2D eigenvalue weighted by Gasteiger charge is -2.31. The van der Waals surface area contributed by atoms with Crippen LogP contribution in [0.5, 0.6) is 0 Å². The number of benzene rings is 1. The number of nitrogens with two attached hydrogens (primary N) is 1. The van der Waals surface area contributed by atoms with Crippen LogP contribution in [0.25, 0.3) is 11.4 Å². The van der Waals surface area contributed by atoms with E-state index < -0.39 is 0 Å². The first-order chi connectivity index (χ1) is 13.1. The molecular weight excluding hydrogens is 342 g/mol. The van der Waals surface area contributed by atoms with Crippen LogP contribution < -0.4 is 5.73 Å². The molecule has 0 spiro atoms. The van der Waals surface area contributed by atoms with Gasteiger partial charge in [-0.05, 0) is 43.2 Å². The number of aromatic nitrogens is 3. The van der Waals surface area contributed by atoms with Crippen molar-refractivity contribution in [2.75, 3.05) is 13.1 Å². The molecule has 7 heteroatoms. The van der Waals surface area contributed by atoms with Gasteiger partial charge in [0.15, 0.2) is 0 Å². The molecule has 0 saturated carbocycles. The fraction of sp³-hybridized carbons (Fsp3) is 0.250. The maximum atomic E-state index is 13.0. The van der Waals surface area contributed by atoms with Gasteiger partial charge in [-0.2, -0.15) is 0 Å². The van der Waals surface area contributed by atoms with E-state index in [4.69, 9.17) is 5.73 Å². The van der Waals surface area contributed by atoms with E-state index in [1.54, 1.807) is 17.4 Å². The Labute approximate surface area is 157 Å². The molecule has 4 rings (SSSR count). The SMILES string of the molecule is NC(=O)C1CCCN(C(=O)c2ccc(-n3ccnc3)c(-n3cccc3)c2)C1. The number of carbonyl (C=O) groups is 2. The molecule has 2 aromatic heterocycles. The minimum absolute atomic E-state index is 0.0773. The van der Waals surface area contributed by atoms with Gasteiger partial charge in [0.1, 0.15) is 0 Å². The monoisotopic (exact) mass is 363 g/mol.